The second kappa shape index (κ2) is 13.3. The Labute approximate surface area is 222 Å². The normalized spacial score (nSPS) is 14.4. The molecule has 37 heavy (non-hydrogen) atoms. The van der Waals surface area contributed by atoms with Crippen molar-refractivity contribution in [3.05, 3.63) is 95.1 Å². The van der Waals surface area contributed by atoms with E-state index in [9.17, 15) is 4.79 Å². The number of ether oxygens (including phenoxy) is 3. The fourth-order valence-corrected chi connectivity index (χ4v) is 4.62. The second-order valence-corrected chi connectivity index (χ2v) is 9.73. The number of thioether (sulfide) groups is 1. The van der Waals surface area contributed by atoms with E-state index >= 15 is 0 Å². The van der Waals surface area contributed by atoms with Crippen LogP contribution in [-0.4, -0.2) is 61.7 Å². The van der Waals surface area contributed by atoms with Crippen LogP contribution in [0.1, 0.15) is 22.3 Å². The van der Waals surface area contributed by atoms with Crippen LogP contribution < -0.4 is 9.47 Å². The van der Waals surface area contributed by atoms with E-state index in [4.69, 9.17) is 19.3 Å². The highest BCUT2D eigenvalue weighted by molar-refractivity contribution is 7.98. The fraction of sp³-hybridized carbons (Fsp3) is 0.300. The molecule has 6 nitrogen and oxygen atoms in total. The lowest BCUT2D eigenvalue weighted by atomic mass is 9.96. The van der Waals surface area contributed by atoms with Crippen LogP contribution in [0, 0.1) is 6.92 Å². The Morgan fingerprint density at radius 1 is 1.00 bits per heavy atom. The van der Waals surface area contributed by atoms with E-state index in [0.29, 0.717) is 18.1 Å². The number of hydrogen-bond acceptors (Lipinski definition) is 6. The predicted molar refractivity (Wildman–Crippen MR) is 148 cm³/mol. The van der Waals surface area contributed by atoms with Gasteiger partial charge in [0.2, 0.25) is 0 Å². The molecule has 3 aromatic carbocycles. The SMILES string of the molecule is CSc1ccc(/C(=C/COc2ccc(OCC(=O)O)c(C)c2)c2ccc(CN3CCOCC3)cc2)cc1. The molecule has 0 atom stereocenters. The molecule has 0 unspecified atom stereocenters. The van der Waals surface area contributed by atoms with Crippen molar-refractivity contribution in [2.75, 3.05) is 45.8 Å². The molecule has 1 fully saturated rings. The minimum Gasteiger partial charge on any atom is -0.489 e. The summed E-state index contributed by atoms with van der Waals surface area (Å²) < 4.78 is 16.8. The molecule has 4 rings (SSSR count). The van der Waals surface area contributed by atoms with Gasteiger partial charge in [-0.1, -0.05) is 36.4 Å². The van der Waals surface area contributed by atoms with E-state index in [1.54, 1.807) is 23.9 Å². The van der Waals surface area contributed by atoms with Gasteiger partial charge in [0.25, 0.3) is 0 Å². The maximum atomic E-state index is 10.8. The third-order valence-electron chi connectivity index (χ3n) is 6.21. The number of morpholine rings is 1. The van der Waals surface area contributed by atoms with Gasteiger partial charge >= 0.3 is 5.97 Å². The van der Waals surface area contributed by atoms with Gasteiger partial charge in [-0.05, 0) is 77.4 Å². The molecule has 1 saturated heterocycles. The highest BCUT2D eigenvalue weighted by Gasteiger charge is 2.12. The van der Waals surface area contributed by atoms with Crippen LogP contribution in [0.4, 0.5) is 0 Å². The van der Waals surface area contributed by atoms with E-state index < -0.39 is 5.97 Å². The lowest BCUT2D eigenvalue weighted by Gasteiger charge is -2.26. The maximum absolute atomic E-state index is 10.8. The molecule has 0 radical (unpaired) electrons. The Morgan fingerprint density at radius 3 is 2.30 bits per heavy atom. The van der Waals surface area contributed by atoms with E-state index in [2.05, 4.69) is 65.8 Å². The number of carboxylic acid groups (broad SMARTS) is 1. The van der Waals surface area contributed by atoms with Gasteiger partial charge < -0.3 is 19.3 Å². The molecule has 194 valence electrons. The smallest absolute Gasteiger partial charge is 0.341 e. The zero-order valence-electron chi connectivity index (χ0n) is 21.3. The van der Waals surface area contributed by atoms with Crippen LogP contribution in [0.5, 0.6) is 11.5 Å². The molecule has 0 amide bonds. The molecule has 1 aliphatic heterocycles. The van der Waals surface area contributed by atoms with Crippen molar-refractivity contribution in [3.8, 4) is 11.5 Å². The first-order valence-electron chi connectivity index (χ1n) is 12.3. The van der Waals surface area contributed by atoms with Crippen LogP contribution in [0.3, 0.4) is 0 Å². The van der Waals surface area contributed by atoms with Crippen LogP contribution in [0.15, 0.2) is 77.7 Å². The molecule has 1 N–H and O–H groups in total. The van der Waals surface area contributed by atoms with E-state index in [0.717, 1.165) is 55.1 Å². The second-order valence-electron chi connectivity index (χ2n) is 8.85. The molecule has 0 aliphatic carbocycles. The monoisotopic (exact) mass is 519 g/mol. The van der Waals surface area contributed by atoms with Gasteiger partial charge in [-0.3, -0.25) is 4.90 Å². The third-order valence-corrected chi connectivity index (χ3v) is 6.95. The first-order chi connectivity index (χ1) is 18.0. The summed E-state index contributed by atoms with van der Waals surface area (Å²) in [5.41, 5.74) is 5.51. The number of aryl methyl sites for hydroxylation is 1. The van der Waals surface area contributed by atoms with Crippen LogP contribution in [-0.2, 0) is 16.1 Å². The topological polar surface area (TPSA) is 68.2 Å². The van der Waals surface area contributed by atoms with Crippen molar-refractivity contribution in [1.29, 1.82) is 0 Å². The summed E-state index contributed by atoms with van der Waals surface area (Å²) in [6, 6.07) is 22.8. The van der Waals surface area contributed by atoms with Gasteiger partial charge in [0.1, 0.15) is 18.1 Å². The molecule has 0 bridgehead atoms. The van der Waals surface area contributed by atoms with Crippen molar-refractivity contribution >= 4 is 23.3 Å². The third kappa shape index (κ3) is 7.86. The summed E-state index contributed by atoms with van der Waals surface area (Å²) in [7, 11) is 0. The highest BCUT2D eigenvalue weighted by Crippen LogP contribution is 2.27. The van der Waals surface area contributed by atoms with Crippen molar-refractivity contribution in [3.63, 3.8) is 0 Å². The molecule has 0 saturated carbocycles. The van der Waals surface area contributed by atoms with Gasteiger partial charge in [-0.15, -0.1) is 11.8 Å². The molecule has 7 heteroatoms. The summed E-state index contributed by atoms with van der Waals surface area (Å²) >= 11 is 1.73. The van der Waals surface area contributed by atoms with Gasteiger partial charge in [-0.2, -0.15) is 0 Å². The number of benzene rings is 3. The number of carboxylic acids is 1. The Balaban J connectivity index is 1.49. The average molecular weight is 520 g/mol. The average Bonchev–Trinajstić information content (AvgIpc) is 2.92. The molecule has 0 aromatic heterocycles. The number of nitrogens with zero attached hydrogens (tertiary/aromatic N) is 1. The van der Waals surface area contributed by atoms with E-state index in [1.807, 2.05) is 13.0 Å². The minimum absolute atomic E-state index is 0.367. The van der Waals surface area contributed by atoms with E-state index in [-0.39, 0.29) is 6.61 Å². The fourth-order valence-electron chi connectivity index (χ4n) is 4.21. The Bertz CT molecular complexity index is 1200. The number of carbonyl (C=O) groups is 1. The zero-order valence-corrected chi connectivity index (χ0v) is 22.1. The first-order valence-corrected chi connectivity index (χ1v) is 13.6. The van der Waals surface area contributed by atoms with Crippen molar-refractivity contribution in [2.45, 2.75) is 18.4 Å². The largest absolute Gasteiger partial charge is 0.489 e. The quantitative estimate of drug-likeness (QED) is 0.335. The van der Waals surface area contributed by atoms with Gasteiger partial charge in [0, 0.05) is 24.5 Å². The lowest BCUT2D eigenvalue weighted by Crippen LogP contribution is -2.35. The van der Waals surface area contributed by atoms with Crippen molar-refractivity contribution in [1.82, 2.24) is 4.90 Å². The molecular weight excluding hydrogens is 486 g/mol. The molecule has 0 spiro atoms. The minimum atomic E-state index is -1.00. The summed E-state index contributed by atoms with van der Waals surface area (Å²) in [5.74, 6) is 0.239. The summed E-state index contributed by atoms with van der Waals surface area (Å²) in [4.78, 5) is 14.4. The molecule has 1 heterocycles. The summed E-state index contributed by atoms with van der Waals surface area (Å²) in [5, 5.41) is 8.83. The molecule has 1 aliphatic rings. The Hall–Kier alpha value is -3.26. The van der Waals surface area contributed by atoms with Crippen molar-refractivity contribution < 1.29 is 24.1 Å². The summed E-state index contributed by atoms with van der Waals surface area (Å²) in [6.45, 7) is 6.37. The van der Waals surface area contributed by atoms with Gasteiger partial charge in [0.15, 0.2) is 6.61 Å². The van der Waals surface area contributed by atoms with Gasteiger partial charge in [-0.25, -0.2) is 4.79 Å². The van der Waals surface area contributed by atoms with Crippen LogP contribution >= 0.6 is 11.8 Å². The molecular formula is C30H33NO5S. The van der Waals surface area contributed by atoms with Crippen molar-refractivity contribution in [2.24, 2.45) is 0 Å². The van der Waals surface area contributed by atoms with Crippen LogP contribution in [0.2, 0.25) is 0 Å². The zero-order chi connectivity index (χ0) is 26.0. The van der Waals surface area contributed by atoms with E-state index in [1.165, 1.54) is 10.5 Å². The predicted octanol–water partition coefficient (Wildman–Crippen LogP) is 5.52. The maximum Gasteiger partial charge on any atom is 0.341 e. The standard InChI is InChI=1S/C30H33NO5S/c1-22-19-26(9-12-29(22)36-21-30(32)33)35-16-13-28(25-7-10-27(37-2)11-8-25)24-5-3-23(4-6-24)20-31-14-17-34-18-15-31/h3-13,19H,14-18,20-21H2,1-2H3,(H,32,33)/b28-13+. The first kappa shape index (κ1) is 26.8. The summed E-state index contributed by atoms with van der Waals surface area (Å²) in [6.07, 6.45) is 4.18. The Kier molecular flexibility index (Phi) is 9.65. The number of hydrogen-bond donors (Lipinski definition) is 1. The highest BCUT2D eigenvalue weighted by atomic mass is 32.2. The number of rotatable bonds is 11. The number of aliphatic carboxylic acids is 1. The Morgan fingerprint density at radius 2 is 1.68 bits per heavy atom. The van der Waals surface area contributed by atoms with Crippen LogP contribution in [0.25, 0.3) is 5.57 Å². The molecule has 3 aromatic rings. The van der Waals surface area contributed by atoms with Gasteiger partial charge in [0.05, 0.1) is 13.2 Å². The lowest BCUT2D eigenvalue weighted by molar-refractivity contribution is -0.139.